The van der Waals surface area contributed by atoms with Crippen molar-refractivity contribution in [2.75, 3.05) is 13.2 Å². The molecule has 6 heteroatoms. The molecule has 1 amide bonds. The molecule has 0 aromatic rings. The predicted octanol–water partition coefficient (Wildman–Crippen LogP) is 13.7. The van der Waals surface area contributed by atoms with Gasteiger partial charge in [0.15, 0.2) is 0 Å². The Morgan fingerprint density at radius 3 is 1.42 bits per heavy atom. The highest BCUT2D eigenvalue weighted by atomic mass is 16.5. The minimum absolute atomic E-state index is 0.0456. The fraction of sp³-hybridized carbons (Fsp3) is 0.837. The molecule has 0 saturated heterocycles. The number of carbonyl (C=O) groups is 2. The third kappa shape index (κ3) is 41.5. The highest BCUT2D eigenvalue weighted by Gasteiger charge is 2.20. The molecule has 0 aromatic heterocycles. The van der Waals surface area contributed by atoms with Gasteiger partial charge in [-0.1, -0.05) is 179 Å². The van der Waals surface area contributed by atoms with Crippen LogP contribution in [-0.2, 0) is 14.3 Å². The third-order valence-corrected chi connectivity index (χ3v) is 10.7. The lowest BCUT2D eigenvalue weighted by Crippen LogP contribution is -2.45. The second kappa shape index (κ2) is 44.8. The number of amides is 1. The Balaban J connectivity index is 3.53. The molecule has 0 fully saturated rings. The van der Waals surface area contributed by atoms with Crippen molar-refractivity contribution in [2.45, 2.75) is 251 Å². The lowest BCUT2D eigenvalue weighted by molar-refractivity contribution is -0.143. The summed E-state index contributed by atoms with van der Waals surface area (Å²) in [6.45, 7) is 4.82. The first-order valence-corrected chi connectivity index (χ1v) is 23.7. The summed E-state index contributed by atoms with van der Waals surface area (Å²) in [4.78, 5) is 24.4. The Bertz CT molecular complexity index is 900. The summed E-state index contributed by atoms with van der Waals surface area (Å²) in [6.07, 6.45) is 52.5. The van der Waals surface area contributed by atoms with Crippen molar-refractivity contribution in [1.29, 1.82) is 0 Å². The summed E-state index contributed by atoms with van der Waals surface area (Å²) >= 11 is 0. The van der Waals surface area contributed by atoms with Crippen molar-refractivity contribution < 1.29 is 24.5 Å². The summed E-state index contributed by atoms with van der Waals surface area (Å²) in [5.74, 6) is -0.113. The van der Waals surface area contributed by atoms with Crippen LogP contribution in [0.2, 0.25) is 0 Å². The number of nitrogens with one attached hydrogen (secondary N) is 1. The van der Waals surface area contributed by atoms with Crippen molar-refractivity contribution in [3.8, 4) is 0 Å². The quantitative estimate of drug-likeness (QED) is 0.0326. The zero-order valence-corrected chi connectivity index (χ0v) is 36.4. The normalized spacial score (nSPS) is 13.0. The second-order valence-electron chi connectivity index (χ2n) is 16.1. The topological polar surface area (TPSA) is 95.9 Å². The van der Waals surface area contributed by atoms with Crippen molar-refractivity contribution >= 4 is 11.9 Å². The van der Waals surface area contributed by atoms with Crippen LogP contribution in [-0.4, -0.2) is 47.4 Å². The van der Waals surface area contributed by atoms with E-state index >= 15 is 0 Å². The third-order valence-electron chi connectivity index (χ3n) is 10.7. The summed E-state index contributed by atoms with van der Waals surface area (Å²) < 4.78 is 5.42. The van der Waals surface area contributed by atoms with E-state index in [1.54, 1.807) is 0 Å². The molecule has 0 radical (unpaired) electrons. The van der Waals surface area contributed by atoms with E-state index in [9.17, 15) is 19.8 Å². The Morgan fingerprint density at radius 2 is 0.909 bits per heavy atom. The first kappa shape index (κ1) is 53.1. The van der Waals surface area contributed by atoms with Gasteiger partial charge in [0.1, 0.15) is 0 Å². The number of allylic oxidation sites excluding steroid dienone is 6. The van der Waals surface area contributed by atoms with Crippen LogP contribution in [0.15, 0.2) is 36.5 Å². The average Bonchev–Trinajstić information content (AvgIpc) is 3.18. The lowest BCUT2D eigenvalue weighted by atomic mass is 10.0. The van der Waals surface area contributed by atoms with Crippen molar-refractivity contribution in [2.24, 2.45) is 0 Å². The minimum Gasteiger partial charge on any atom is -0.466 e. The average molecular weight is 774 g/mol. The van der Waals surface area contributed by atoms with Gasteiger partial charge < -0.3 is 20.3 Å². The molecule has 6 nitrogen and oxygen atoms in total. The van der Waals surface area contributed by atoms with Gasteiger partial charge in [0, 0.05) is 12.8 Å². The lowest BCUT2D eigenvalue weighted by Gasteiger charge is -2.22. The first-order chi connectivity index (χ1) is 27.0. The minimum atomic E-state index is -0.682. The molecule has 0 aliphatic rings. The van der Waals surface area contributed by atoms with Crippen LogP contribution in [0.25, 0.3) is 0 Å². The van der Waals surface area contributed by atoms with Gasteiger partial charge in [-0.2, -0.15) is 0 Å². The van der Waals surface area contributed by atoms with Gasteiger partial charge in [0.2, 0.25) is 5.91 Å². The maximum Gasteiger partial charge on any atom is 0.305 e. The van der Waals surface area contributed by atoms with Crippen LogP contribution in [0.3, 0.4) is 0 Å². The number of esters is 1. The molecular weight excluding hydrogens is 683 g/mol. The molecule has 2 unspecified atom stereocenters. The van der Waals surface area contributed by atoms with E-state index in [4.69, 9.17) is 4.74 Å². The molecule has 0 rings (SSSR count). The van der Waals surface area contributed by atoms with Crippen molar-refractivity contribution in [1.82, 2.24) is 5.32 Å². The fourth-order valence-corrected chi connectivity index (χ4v) is 6.96. The number of ether oxygens (including phenoxy) is 1. The van der Waals surface area contributed by atoms with E-state index in [-0.39, 0.29) is 18.5 Å². The van der Waals surface area contributed by atoms with Gasteiger partial charge in [-0.15, -0.1) is 0 Å². The molecule has 0 saturated carbocycles. The van der Waals surface area contributed by atoms with Crippen LogP contribution >= 0.6 is 0 Å². The molecule has 0 spiro atoms. The largest absolute Gasteiger partial charge is 0.466 e. The van der Waals surface area contributed by atoms with Gasteiger partial charge in [0.05, 0.1) is 25.4 Å². The molecular formula is C49H91NO5. The van der Waals surface area contributed by atoms with Gasteiger partial charge in [-0.3, -0.25) is 9.59 Å². The Labute approximate surface area is 341 Å². The fourth-order valence-electron chi connectivity index (χ4n) is 6.96. The molecule has 55 heavy (non-hydrogen) atoms. The molecule has 2 atom stereocenters. The van der Waals surface area contributed by atoms with Crippen LogP contribution < -0.4 is 5.32 Å². The summed E-state index contributed by atoms with van der Waals surface area (Å²) in [6, 6.07) is -0.562. The van der Waals surface area contributed by atoms with Crippen LogP contribution in [0.1, 0.15) is 239 Å². The van der Waals surface area contributed by atoms with Crippen molar-refractivity contribution in [3.05, 3.63) is 36.5 Å². The van der Waals surface area contributed by atoms with E-state index in [0.717, 1.165) is 96.3 Å². The summed E-state index contributed by atoms with van der Waals surface area (Å²) in [7, 11) is 0. The molecule has 0 bridgehead atoms. The highest BCUT2D eigenvalue weighted by Crippen LogP contribution is 2.15. The smallest absolute Gasteiger partial charge is 0.305 e. The molecule has 322 valence electrons. The summed E-state index contributed by atoms with van der Waals surface area (Å²) in [5, 5.41) is 23.1. The van der Waals surface area contributed by atoms with E-state index in [0.29, 0.717) is 25.9 Å². The Hall–Kier alpha value is -1.92. The number of carbonyl (C=O) groups excluding carboxylic acids is 2. The van der Waals surface area contributed by atoms with Crippen molar-refractivity contribution in [3.63, 3.8) is 0 Å². The predicted molar refractivity (Wildman–Crippen MR) is 236 cm³/mol. The van der Waals surface area contributed by atoms with Crippen LogP contribution in [0.5, 0.6) is 0 Å². The first-order valence-electron chi connectivity index (χ1n) is 23.7. The van der Waals surface area contributed by atoms with Gasteiger partial charge in [-0.05, 0) is 83.5 Å². The number of unbranched alkanes of at least 4 members (excludes halogenated alkanes) is 26. The molecule has 0 aromatic carbocycles. The number of rotatable bonds is 43. The second-order valence-corrected chi connectivity index (χ2v) is 16.1. The van der Waals surface area contributed by atoms with Crippen LogP contribution in [0, 0.1) is 0 Å². The monoisotopic (exact) mass is 774 g/mol. The zero-order valence-electron chi connectivity index (χ0n) is 36.4. The molecule has 3 N–H and O–H groups in total. The maximum atomic E-state index is 12.4. The zero-order chi connectivity index (χ0) is 40.1. The van der Waals surface area contributed by atoms with Gasteiger partial charge in [-0.25, -0.2) is 0 Å². The number of aliphatic hydroxyl groups is 2. The van der Waals surface area contributed by atoms with Gasteiger partial charge in [0.25, 0.3) is 0 Å². The van der Waals surface area contributed by atoms with E-state index < -0.39 is 12.1 Å². The SMILES string of the molecule is CCCCCC/C=C\C/C=C\CCCCCCCC(=O)OCCCC/C=C\CCCCCCCC(=O)NC(CO)C(O)CCCCCCCCCCCCC. The highest BCUT2D eigenvalue weighted by molar-refractivity contribution is 5.76. The molecule has 0 heterocycles. The number of aliphatic hydroxyl groups excluding tert-OH is 2. The molecule has 0 aliphatic heterocycles. The number of hydrogen-bond donors (Lipinski definition) is 3. The number of hydrogen-bond acceptors (Lipinski definition) is 5. The molecule has 0 aliphatic carbocycles. The Kier molecular flexibility index (Phi) is 43.2. The van der Waals surface area contributed by atoms with Crippen LogP contribution in [0.4, 0.5) is 0 Å². The maximum absolute atomic E-state index is 12.4. The Morgan fingerprint density at radius 1 is 0.509 bits per heavy atom. The van der Waals surface area contributed by atoms with E-state index in [1.807, 2.05) is 0 Å². The van der Waals surface area contributed by atoms with E-state index in [1.165, 1.54) is 109 Å². The summed E-state index contributed by atoms with van der Waals surface area (Å²) in [5.41, 5.74) is 0. The van der Waals surface area contributed by atoms with Gasteiger partial charge >= 0.3 is 5.97 Å². The standard InChI is InChI=1S/C49H91NO5/c1-3-5-7-9-11-13-15-16-17-18-19-23-27-31-35-39-43-49(54)55-44-40-36-32-28-24-20-22-26-30-34-38-42-48(53)50-46(45-51)47(52)41-37-33-29-25-21-14-12-10-8-6-4-2/h13,15,17-18,24,28,46-47,51-52H,3-12,14,16,19-23,25-27,29-45H2,1-2H3,(H,50,53)/b15-13-,18-17-,28-24-. The van der Waals surface area contributed by atoms with E-state index in [2.05, 4.69) is 55.6 Å².